The number of ether oxygens (including phenoxy) is 2. The standard InChI is InChI=1S/C25H20ClNO4S/c1-30-21-12-11-18(13-22(21)31-16-17-7-3-2-4-8-17)14-23-24(28)27(25(29)32-23)15-19-9-5-6-10-20(19)26/h2-14H,15-16H2,1H3/b23-14-. The van der Waals surface area contributed by atoms with Crippen LogP contribution in [0.4, 0.5) is 4.79 Å². The van der Waals surface area contributed by atoms with Crippen molar-refractivity contribution >= 4 is 40.6 Å². The fourth-order valence-electron chi connectivity index (χ4n) is 3.22. The third-order valence-electron chi connectivity index (χ3n) is 4.88. The molecular weight excluding hydrogens is 446 g/mol. The molecule has 0 bridgehead atoms. The number of amides is 2. The van der Waals surface area contributed by atoms with Crippen LogP contribution in [-0.4, -0.2) is 23.2 Å². The smallest absolute Gasteiger partial charge is 0.293 e. The molecule has 0 saturated carbocycles. The number of imide groups is 1. The molecule has 0 atom stereocenters. The number of hydrogen-bond donors (Lipinski definition) is 0. The first kappa shape index (κ1) is 22.0. The van der Waals surface area contributed by atoms with E-state index in [1.54, 1.807) is 43.5 Å². The maximum Gasteiger partial charge on any atom is 0.293 e. The van der Waals surface area contributed by atoms with E-state index < -0.39 is 0 Å². The van der Waals surface area contributed by atoms with Crippen LogP contribution in [0, 0.1) is 0 Å². The van der Waals surface area contributed by atoms with Crippen LogP contribution in [0.3, 0.4) is 0 Å². The third kappa shape index (κ3) is 4.98. The van der Waals surface area contributed by atoms with Crippen molar-refractivity contribution in [2.45, 2.75) is 13.2 Å². The number of benzene rings is 3. The zero-order chi connectivity index (χ0) is 22.5. The Balaban J connectivity index is 1.53. The Kier molecular flexibility index (Phi) is 6.83. The highest BCUT2D eigenvalue weighted by Crippen LogP contribution is 2.36. The summed E-state index contributed by atoms with van der Waals surface area (Å²) < 4.78 is 11.3. The molecule has 2 amide bonds. The molecule has 0 aliphatic carbocycles. The lowest BCUT2D eigenvalue weighted by atomic mass is 10.1. The van der Waals surface area contributed by atoms with Gasteiger partial charge in [0.05, 0.1) is 18.6 Å². The number of carbonyl (C=O) groups excluding carboxylic acids is 2. The van der Waals surface area contributed by atoms with Crippen LogP contribution in [0.2, 0.25) is 5.02 Å². The van der Waals surface area contributed by atoms with E-state index in [0.717, 1.165) is 28.5 Å². The van der Waals surface area contributed by atoms with Crippen LogP contribution in [-0.2, 0) is 17.9 Å². The molecule has 162 valence electrons. The van der Waals surface area contributed by atoms with Crippen molar-refractivity contribution < 1.29 is 19.1 Å². The Morgan fingerprint density at radius 2 is 1.72 bits per heavy atom. The fraction of sp³-hybridized carbons (Fsp3) is 0.120. The lowest BCUT2D eigenvalue weighted by Gasteiger charge is -2.13. The van der Waals surface area contributed by atoms with E-state index in [2.05, 4.69) is 0 Å². The van der Waals surface area contributed by atoms with Gasteiger partial charge in [0.15, 0.2) is 11.5 Å². The molecule has 0 unspecified atom stereocenters. The van der Waals surface area contributed by atoms with Crippen molar-refractivity contribution in [3.8, 4) is 11.5 Å². The van der Waals surface area contributed by atoms with Gasteiger partial charge in [-0.2, -0.15) is 0 Å². The van der Waals surface area contributed by atoms with Crippen LogP contribution in [0.15, 0.2) is 77.7 Å². The van der Waals surface area contributed by atoms with E-state index in [1.165, 1.54) is 4.90 Å². The molecule has 0 aromatic heterocycles. The van der Waals surface area contributed by atoms with E-state index in [9.17, 15) is 9.59 Å². The van der Waals surface area contributed by atoms with Crippen LogP contribution in [0.1, 0.15) is 16.7 Å². The molecule has 0 N–H and O–H groups in total. The molecule has 0 radical (unpaired) electrons. The lowest BCUT2D eigenvalue weighted by molar-refractivity contribution is -0.123. The maximum atomic E-state index is 12.9. The molecule has 1 aliphatic heterocycles. The minimum atomic E-state index is -0.345. The van der Waals surface area contributed by atoms with Gasteiger partial charge in [-0.1, -0.05) is 66.2 Å². The van der Waals surface area contributed by atoms with Crippen LogP contribution < -0.4 is 9.47 Å². The molecule has 5 nitrogen and oxygen atoms in total. The van der Waals surface area contributed by atoms with Crippen molar-refractivity contribution in [2.24, 2.45) is 0 Å². The summed E-state index contributed by atoms with van der Waals surface area (Å²) in [6, 6.07) is 22.4. The highest BCUT2D eigenvalue weighted by atomic mass is 35.5. The van der Waals surface area contributed by atoms with Gasteiger partial charge < -0.3 is 9.47 Å². The Morgan fingerprint density at radius 3 is 2.47 bits per heavy atom. The predicted molar refractivity (Wildman–Crippen MR) is 127 cm³/mol. The van der Waals surface area contributed by atoms with Gasteiger partial charge in [-0.3, -0.25) is 14.5 Å². The zero-order valence-corrected chi connectivity index (χ0v) is 18.9. The number of halogens is 1. The zero-order valence-electron chi connectivity index (χ0n) is 17.3. The summed E-state index contributed by atoms with van der Waals surface area (Å²) in [7, 11) is 1.57. The molecule has 0 spiro atoms. The Labute approximate surface area is 195 Å². The number of methoxy groups -OCH3 is 1. The summed E-state index contributed by atoms with van der Waals surface area (Å²) >= 11 is 7.10. The number of thioether (sulfide) groups is 1. The van der Waals surface area contributed by atoms with Gasteiger partial charge in [0.1, 0.15) is 6.61 Å². The maximum absolute atomic E-state index is 12.9. The molecular formula is C25H20ClNO4S. The summed E-state index contributed by atoms with van der Waals surface area (Å²) in [5.74, 6) is 0.799. The molecule has 4 rings (SSSR count). The predicted octanol–water partition coefficient (Wildman–Crippen LogP) is 6.16. The first-order chi connectivity index (χ1) is 15.5. The second kappa shape index (κ2) is 9.94. The molecule has 7 heteroatoms. The summed E-state index contributed by atoms with van der Waals surface area (Å²) in [5, 5.41) is 0.195. The Bertz CT molecular complexity index is 1180. The van der Waals surface area contributed by atoms with Gasteiger partial charge >= 0.3 is 0 Å². The van der Waals surface area contributed by atoms with Crippen molar-refractivity contribution in [3.05, 3.63) is 99.4 Å². The SMILES string of the molecule is COc1ccc(/C=C2\SC(=O)N(Cc3ccccc3Cl)C2=O)cc1OCc1ccccc1. The van der Waals surface area contributed by atoms with Gasteiger partial charge in [-0.25, -0.2) is 0 Å². The molecule has 3 aromatic carbocycles. The minimum Gasteiger partial charge on any atom is -0.493 e. The van der Waals surface area contributed by atoms with Crippen molar-refractivity contribution in [1.29, 1.82) is 0 Å². The number of carbonyl (C=O) groups is 2. The molecule has 1 saturated heterocycles. The van der Waals surface area contributed by atoms with E-state index in [1.807, 2.05) is 42.5 Å². The highest BCUT2D eigenvalue weighted by Gasteiger charge is 2.35. The Morgan fingerprint density at radius 1 is 0.969 bits per heavy atom. The summed E-state index contributed by atoms with van der Waals surface area (Å²) in [5.41, 5.74) is 2.48. The molecule has 1 aliphatic rings. The molecule has 3 aromatic rings. The average molecular weight is 466 g/mol. The first-order valence-electron chi connectivity index (χ1n) is 9.88. The van der Waals surface area contributed by atoms with Crippen LogP contribution in [0.5, 0.6) is 11.5 Å². The molecule has 1 fully saturated rings. The van der Waals surface area contributed by atoms with E-state index >= 15 is 0 Å². The largest absolute Gasteiger partial charge is 0.493 e. The van der Waals surface area contributed by atoms with Crippen LogP contribution >= 0.6 is 23.4 Å². The third-order valence-corrected chi connectivity index (χ3v) is 6.16. The number of hydrogen-bond acceptors (Lipinski definition) is 5. The normalized spacial score (nSPS) is 14.8. The first-order valence-corrected chi connectivity index (χ1v) is 11.1. The lowest BCUT2D eigenvalue weighted by Crippen LogP contribution is -2.27. The Hall–Kier alpha value is -3.22. The van der Waals surface area contributed by atoms with E-state index in [0.29, 0.717) is 28.0 Å². The summed E-state index contributed by atoms with van der Waals surface area (Å²) in [6.45, 7) is 0.519. The highest BCUT2D eigenvalue weighted by molar-refractivity contribution is 8.18. The second-order valence-electron chi connectivity index (χ2n) is 7.04. The quantitative estimate of drug-likeness (QED) is 0.391. The van der Waals surface area contributed by atoms with Gasteiger partial charge in [0.2, 0.25) is 0 Å². The fourth-order valence-corrected chi connectivity index (χ4v) is 4.25. The average Bonchev–Trinajstić information content (AvgIpc) is 3.07. The second-order valence-corrected chi connectivity index (χ2v) is 8.44. The summed E-state index contributed by atoms with van der Waals surface area (Å²) in [4.78, 5) is 26.9. The molecule has 32 heavy (non-hydrogen) atoms. The van der Waals surface area contributed by atoms with Gasteiger partial charge in [0, 0.05) is 5.02 Å². The monoisotopic (exact) mass is 465 g/mol. The molecule has 1 heterocycles. The minimum absolute atomic E-state index is 0.135. The van der Waals surface area contributed by atoms with E-state index in [-0.39, 0.29) is 17.7 Å². The van der Waals surface area contributed by atoms with Gasteiger partial charge in [-0.05, 0) is 52.7 Å². The topological polar surface area (TPSA) is 55.8 Å². The van der Waals surface area contributed by atoms with Crippen molar-refractivity contribution in [2.75, 3.05) is 7.11 Å². The number of rotatable bonds is 7. The van der Waals surface area contributed by atoms with Crippen molar-refractivity contribution in [3.63, 3.8) is 0 Å². The summed E-state index contributed by atoms with van der Waals surface area (Å²) in [6.07, 6.45) is 1.69. The van der Waals surface area contributed by atoms with Crippen LogP contribution in [0.25, 0.3) is 6.08 Å². The van der Waals surface area contributed by atoms with E-state index in [4.69, 9.17) is 21.1 Å². The van der Waals surface area contributed by atoms with Gasteiger partial charge in [0.25, 0.3) is 11.1 Å². The number of nitrogens with zero attached hydrogens (tertiary/aromatic N) is 1. The van der Waals surface area contributed by atoms with Crippen molar-refractivity contribution in [1.82, 2.24) is 4.90 Å². The van der Waals surface area contributed by atoms with Gasteiger partial charge in [-0.15, -0.1) is 0 Å².